The van der Waals surface area contributed by atoms with Gasteiger partial charge in [0, 0.05) is 0 Å². The van der Waals surface area contributed by atoms with Crippen molar-refractivity contribution in [2.45, 2.75) is 26.3 Å². The summed E-state index contributed by atoms with van der Waals surface area (Å²) in [4.78, 5) is 22.8. The Balaban J connectivity index is 2.66. The van der Waals surface area contributed by atoms with Crippen LogP contribution in [0.5, 0.6) is 0 Å². The van der Waals surface area contributed by atoms with Crippen LogP contribution in [0, 0.1) is 5.92 Å². The molecule has 2 amide bonds. The molecule has 0 spiro atoms. The molecule has 0 heterocycles. The summed E-state index contributed by atoms with van der Waals surface area (Å²) in [6.45, 7) is 3.64. The second-order valence-corrected chi connectivity index (χ2v) is 4.00. The van der Waals surface area contributed by atoms with Crippen LogP contribution in [0.2, 0.25) is 0 Å². The summed E-state index contributed by atoms with van der Waals surface area (Å²) in [6, 6.07) is 9.45. The molecular formula is C13H18N2O2. The van der Waals surface area contributed by atoms with Crippen LogP contribution in [0.4, 0.5) is 0 Å². The smallest absolute Gasteiger partial charge is 0.233 e. The number of carbonyl (C=O) groups is 2. The molecule has 17 heavy (non-hydrogen) atoms. The third-order valence-corrected chi connectivity index (χ3v) is 2.73. The Morgan fingerprint density at radius 1 is 1.29 bits per heavy atom. The molecule has 3 N–H and O–H groups in total. The van der Waals surface area contributed by atoms with Crippen LogP contribution in [0.25, 0.3) is 0 Å². The van der Waals surface area contributed by atoms with Crippen LogP contribution < -0.4 is 11.1 Å². The summed E-state index contributed by atoms with van der Waals surface area (Å²) >= 11 is 0. The van der Waals surface area contributed by atoms with Crippen molar-refractivity contribution in [3.05, 3.63) is 35.9 Å². The van der Waals surface area contributed by atoms with Gasteiger partial charge in [0.2, 0.25) is 11.8 Å². The van der Waals surface area contributed by atoms with Crippen molar-refractivity contribution in [1.29, 1.82) is 0 Å². The third-order valence-electron chi connectivity index (χ3n) is 2.73. The van der Waals surface area contributed by atoms with Gasteiger partial charge in [0.05, 0.1) is 6.04 Å². The zero-order chi connectivity index (χ0) is 12.8. The van der Waals surface area contributed by atoms with E-state index < -0.39 is 11.8 Å². The van der Waals surface area contributed by atoms with Crippen LogP contribution in [-0.4, -0.2) is 11.8 Å². The Kier molecular flexibility index (Phi) is 4.69. The summed E-state index contributed by atoms with van der Waals surface area (Å²) in [7, 11) is 0. The highest BCUT2D eigenvalue weighted by Gasteiger charge is 2.23. The molecule has 0 saturated carbocycles. The standard InChI is InChI=1S/C13H18N2O2/c1-3-11(12(14)16)13(17)15-9(2)10-7-5-4-6-8-10/h4-9,11H,3H2,1-2H3,(H2,14,16)(H,15,17). The summed E-state index contributed by atoms with van der Waals surface area (Å²) in [6.07, 6.45) is 0.419. The second-order valence-electron chi connectivity index (χ2n) is 4.00. The zero-order valence-corrected chi connectivity index (χ0v) is 10.1. The quantitative estimate of drug-likeness (QED) is 0.755. The highest BCUT2D eigenvalue weighted by atomic mass is 16.2. The average Bonchev–Trinajstić information content (AvgIpc) is 2.30. The minimum absolute atomic E-state index is 0.128. The van der Waals surface area contributed by atoms with Gasteiger partial charge in [-0.15, -0.1) is 0 Å². The maximum Gasteiger partial charge on any atom is 0.233 e. The van der Waals surface area contributed by atoms with E-state index >= 15 is 0 Å². The Bertz CT molecular complexity index is 390. The summed E-state index contributed by atoms with van der Waals surface area (Å²) in [5.41, 5.74) is 6.16. The number of carbonyl (C=O) groups excluding carboxylic acids is 2. The first-order valence-electron chi connectivity index (χ1n) is 5.71. The number of nitrogens with one attached hydrogen (secondary N) is 1. The van der Waals surface area contributed by atoms with Crippen molar-refractivity contribution < 1.29 is 9.59 Å². The fourth-order valence-electron chi connectivity index (χ4n) is 1.65. The molecule has 1 aromatic rings. The van der Waals surface area contributed by atoms with Crippen molar-refractivity contribution >= 4 is 11.8 Å². The largest absolute Gasteiger partial charge is 0.369 e. The molecule has 0 aliphatic rings. The van der Waals surface area contributed by atoms with Crippen LogP contribution in [0.3, 0.4) is 0 Å². The topological polar surface area (TPSA) is 72.2 Å². The van der Waals surface area contributed by atoms with Gasteiger partial charge in [-0.05, 0) is 18.9 Å². The van der Waals surface area contributed by atoms with Gasteiger partial charge in [0.25, 0.3) is 0 Å². The van der Waals surface area contributed by atoms with Crippen LogP contribution in [0.1, 0.15) is 31.9 Å². The van der Waals surface area contributed by atoms with Crippen molar-refractivity contribution in [2.75, 3.05) is 0 Å². The molecule has 4 nitrogen and oxygen atoms in total. The molecule has 0 aliphatic carbocycles. The van der Waals surface area contributed by atoms with E-state index in [2.05, 4.69) is 5.32 Å². The van der Waals surface area contributed by atoms with Crippen LogP contribution in [-0.2, 0) is 9.59 Å². The summed E-state index contributed by atoms with van der Waals surface area (Å²) in [5, 5.41) is 2.79. The summed E-state index contributed by atoms with van der Waals surface area (Å²) < 4.78 is 0. The van der Waals surface area contributed by atoms with Crippen LogP contribution in [0.15, 0.2) is 30.3 Å². The molecular weight excluding hydrogens is 216 g/mol. The maximum atomic E-state index is 11.8. The van der Waals surface area contributed by atoms with E-state index in [0.29, 0.717) is 6.42 Å². The van der Waals surface area contributed by atoms with Gasteiger partial charge < -0.3 is 11.1 Å². The zero-order valence-electron chi connectivity index (χ0n) is 10.1. The average molecular weight is 234 g/mol. The van der Waals surface area contributed by atoms with E-state index in [1.807, 2.05) is 37.3 Å². The third kappa shape index (κ3) is 3.59. The van der Waals surface area contributed by atoms with E-state index in [4.69, 9.17) is 5.73 Å². The first-order valence-corrected chi connectivity index (χ1v) is 5.71. The molecule has 0 saturated heterocycles. The number of hydrogen-bond donors (Lipinski definition) is 2. The molecule has 0 aromatic heterocycles. The van der Waals surface area contributed by atoms with Crippen molar-refractivity contribution in [3.8, 4) is 0 Å². The predicted molar refractivity (Wildman–Crippen MR) is 66.0 cm³/mol. The molecule has 0 bridgehead atoms. The molecule has 2 unspecified atom stereocenters. The van der Waals surface area contributed by atoms with Gasteiger partial charge in [0.1, 0.15) is 5.92 Å². The van der Waals surface area contributed by atoms with Crippen LogP contribution >= 0.6 is 0 Å². The van der Waals surface area contributed by atoms with Crippen molar-refractivity contribution in [3.63, 3.8) is 0 Å². The highest BCUT2D eigenvalue weighted by molar-refractivity contribution is 5.99. The number of hydrogen-bond acceptors (Lipinski definition) is 2. The minimum atomic E-state index is -0.749. The number of rotatable bonds is 5. The van der Waals surface area contributed by atoms with Gasteiger partial charge in [-0.3, -0.25) is 9.59 Å². The van der Waals surface area contributed by atoms with Gasteiger partial charge >= 0.3 is 0 Å². The Hall–Kier alpha value is -1.84. The van der Waals surface area contributed by atoms with Crippen molar-refractivity contribution in [2.24, 2.45) is 11.7 Å². The molecule has 0 fully saturated rings. The fraction of sp³-hybridized carbons (Fsp3) is 0.385. The Morgan fingerprint density at radius 3 is 2.35 bits per heavy atom. The predicted octanol–water partition coefficient (Wildman–Crippen LogP) is 1.38. The number of nitrogens with two attached hydrogens (primary N) is 1. The number of amides is 2. The Morgan fingerprint density at radius 2 is 1.88 bits per heavy atom. The van der Waals surface area contributed by atoms with Gasteiger partial charge in [-0.2, -0.15) is 0 Å². The highest BCUT2D eigenvalue weighted by Crippen LogP contribution is 2.12. The lowest BCUT2D eigenvalue weighted by Gasteiger charge is -2.17. The van der Waals surface area contributed by atoms with E-state index in [-0.39, 0.29) is 11.9 Å². The maximum absolute atomic E-state index is 11.8. The van der Waals surface area contributed by atoms with Crippen molar-refractivity contribution in [1.82, 2.24) is 5.32 Å². The Labute approximate surface area is 101 Å². The second kappa shape index (κ2) is 6.03. The lowest BCUT2D eigenvalue weighted by atomic mass is 10.0. The first-order chi connectivity index (χ1) is 8.06. The normalized spacial score (nSPS) is 13.8. The molecule has 1 rings (SSSR count). The lowest BCUT2D eigenvalue weighted by Crippen LogP contribution is -2.39. The van der Waals surface area contributed by atoms with E-state index in [9.17, 15) is 9.59 Å². The monoisotopic (exact) mass is 234 g/mol. The number of primary amides is 1. The van der Waals surface area contributed by atoms with E-state index in [0.717, 1.165) is 5.56 Å². The lowest BCUT2D eigenvalue weighted by molar-refractivity contribution is -0.134. The first kappa shape index (κ1) is 13.2. The van der Waals surface area contributed by atoms with E-state index in [1.165, 1.54) is 0 Å². The van der Waals surface area contributed by atoms with E-state index in [1.54, 1.807) is 6.92 Å². The van der Waals surface area contributed by atoms with Gasteiger partial charge in [-0.1, -0.05) is 37.3 Å². The molecule has 0 aliphatic heterocycles. The molecule has 4 heteroatoms. The SMILES string of the molecule is CCC(C(N)=O)C(=O)NC(C)c1ccccc1. The molecule has 1 aromatic carbocycles. The molecule has 2 atom stereocenters. The van der Waals surface area contributed by atoms with Gasteiger partial charge in [-0.25, -0.2) is 0 Å². The fourth-order valence-corrected chi connectivity index (χ4v) is 1.65. The molecule has 0 radical (unpaired) electrons. The summed E-state index contributed by atoms with van der Waals surface area (Å²) in [5.74, 6) is -1.64. The minimum Gasteiger partial charge on any atom is -0.369 e. The molecule has 92 valence electrons. The number of benzene rings is 1. The van der Waals surface area contributed by atoms with Gasteiger partial charge in [0.15, 0.2) is 0 Å².